The fourth-order valence-electron chi connectivity index (χ4n) is 5.87. The molecular weight excluding hydrogens is 521 g/mol. The summed E-state index contributed by atoms with van der Waals surface area (Å²) in [7, 11) is 3.48. The molecule has 4 nitrogen and oxygen atoms in total. The van der Waals surface area contributed by atoms with Crippen molar-refractivity contribution in [2.24, 2.45) is 5.10 Å². The lowest BCUT2D eigenvalue weighted by atomic mass is 9.89. The van der Waals surface area contributed by atoms with E-state index in [-0.39, 0.29) is 0 Å². The Morgan fingerprint density at radius 3 is 1.62 bits per heavy atom. The van der Waals surface area contributed by atoms with Gasteiger partial charge >= 0.3 is 0 Å². The second-order valence-electron chi connectivity index (χ2n) is 9.45. The first kappa shape index (κ1) is 24.2. The molecular formula is C33H26N2O2S2. The Morgan fingerprint density at radius 1 is 0.615 bits per heavy atom. The maximum absolute atomic E-state index is 6.73. The summed E-state index contributed by atoms with van der Waals surface area (Å²) in [5, 5.41) is 7.89. The molecule has 0 spiro atoms. The number of thioether (sulfide) groups is 1. The maximum Gasteiger partial charge on any atom is 0.270 e. The van der Waals surface area contributed by atoms with Gasteiger partial charge in [0, 0.05) is 33.6 Å². The second-order valence-corrected chi connectivity index (χ2v) is 11.6. The molecule has 0 bridgehead atoms. The highest BCUT2D eigenvalue weighted by molar-refractivity contribution is 8.14. The largest absolute Gasteiger partial charge is 0.475 e. The molecule has 4 aromatic carbocycles. The van der Waals surface area contributed by atoms with E-state index in [0.29, 0.717) is 5.23 Å². The molecule has 0 saturated heterocycles. The molecule has 3 heterocycles. The van der Waals surface area contributed by atoms with Crippen LogP contribution in [0.4, 0.5) is 0 Å². The number of hydrogen-bond acceptors (Lipinski definition) is 6. The van der Waals surface area contributed by atoms with Gasteiger partial charge in [0.2, 0.25) is 5.72 Å². The standard InChI is InChI=1S/C33H26N2O2S2/c1-36-31-34-35-32(37-2,25-19-11-5-12-20-25)27-28(33(35,39-31)26-21-13-6-14-22-26)30(24-17-9-4-10-18-24)38-29(27)23-15-7-3-8-16-23/h3-22H,1-2H3/t32-,33-/m0/s1. The molecule has 2 atom stereocenters. The smallest absolute Gasteiger partial charge is 0.270 e. The van der Waals surface area contributed by atoms with Gasteiger partial charge in [0.15, 0.2) is 4.87 Å². The minimum atomic E-state index is -0.992. The van der Waals surface area contributed by atoms with Crippen LogP contribution in [0.3, 0.4) is 0 Å². The van der Waals surface area contributed by atoms with E-state index in [1.807, 2.05) is 17.4 Å². The zero-order chi connectivity index (χ0) is 26.5. The van der Waals surface area contributed by atoms with Gasteiger partial charge in [-0.2, -0.15) is 0 Å². The van der Waals surface area contributed by atoms with Gasteiger partial charge in [0.05, 0.1) is 7.11 Å². The minimum absolute atomic E-state index is 0.605. The Bertz CT molecular complexity index is 1660. The molecule has 1 aromatic heterocycles. The molecule has 39 heavy (non-hydrogen) atoms. The third-order valence-corrected chi connectivity index (χ3v) is 10.1. The third-order valence-electron chi connectivity index (χ3n) is 7.47. The lowest BCUT2D eigenvalue weighted by Crippen LogP contribution is -2.47. The summed E-state index contributed by atoms with van der Waals surface area (Å²) in [5.41, 5.74) is 5.79. The first-order chi connectivity index (χ1) is 19.2. The highest BCUT2D eigenvalue weighted by Crippen LogP contribution is 2.69. The van der Waals surface area contributed by atoms with Crippen LogP contribution in [-0.4, -0.2) is 24.5 Å². The van der Waals surface area contributed by atoms with Crippen molar-refractivity contribution >= 4 is 28.3 Å². The van der Waals surface area contributed by atoms with Crippen LogP contribution in [-0.2, 0) is 20.1 Å². The normalized spacial score (nSPS) is 21.4. The molecule has 6 heteroatoms. The van der Waals surface area contributed by atoms with E-state index in [1.165, 1.54) is 20.9 Å². The van der Waals surface area contributed by atoms with E-state index in [2.05, 4.69) is 120 Å². The van der Waals surface area contributed by atoms with E-state index in [9.17, 15) is 0 Å². The molecule has 0 N–H and O–H groups in total. The molecule has 2 aliphatic rings. The molecule has 0 saturated carbocycles. The van der Waals surface area contributed by atoms with Crippen LogP contribution >= 0.6 is 23.1 Å². The Kier molecular flexibility index (Phi) is 5.85. The summed E-state index contributed by atoms with van der Waals surface area (Å²) in [5.74, 6) is 0. The Labute approximate surface area is 236 Å². The minimum Gasteiger partial charge on any atom is -0.475 e. The number of hydrogen-bond donors (Lipinski definition) is 0. The highest BCUT2D eigenvalue weighted by atomic mass is 32.2. The quantitative estimate of drug-likeness (QED) is 0.223. The van der Waals surface area contributed by atoms with Crippen LogP contribution in [0.25, 0.3) is 20.9 Å². The predicted octanol–water partition coefficient (Wildman–Crippen LogP) is 8.11. The number of fused-ring (bicyclic) bond motifs is 3. The van der Waals surface area contributed by atoms with Gasteiger partial charge in [-0.1, -0.05) is 121 Å². The average Bonchev–Trinajstić information content (AvgIpc) is 3.67. The van der Waals surface area contributed by atoms with Gasteiger partial charge in [-0.05, 0) is 28.5 Å². The lowest BCUT2D eigenvalue weighted by molar-refractivity contribution is -0.114. The zero-order valence-corrected chi connectivity index (χ0v) is 23.2. The SMILES string of the molecule is COC1=NN2[C@](OC)(c3ccccc3)c3c(-c4ccccc4)sc(-c4ccccc4)c3[C@]2(c2ccccc2)S1. The van der Waals surface area contributed by atoms with Crippen molar-refractivity contribution in [3.8, 4) is 20.9 Å². The number of nitrogens with zero attached hydrogens (tertiary/aromatic N) is 2. The van der Waals surface area contributed by atoms with Crippen LogP contribution in [0, 0.1) is 0 Å². The van der Waals surface area contributed by atoms with Crippen molar-refractivity contribution in [3.63, 3.8) is 0 Å². The Balaban J connectivity index is 1.68. The lowest BCUT2D eigenvalue weighted by Gasteiger charge is -2.41. The molecule has 7 rings (SSSR count). The summed E-state index contributed by atoms with van der Waals surface area (Å²) in [6.07, 6.45) is 0. The van der Waals surface area contributed by atoms with Crippen LogP contribution in [0.5, 0.6) is 0 Å². The molecule has 5 aromatic rings. The Hall–Kier alpha value is -3.84. The number of rotatable bonds is 5. The zero-order valence-electron chi connectivity index (χ0n) is 21.6. The number of hydrazone groups is 1. The van der Waals surface area contributed by atoms with Gasteiger partial charge in [0.25, 0.3) is 5.23 Å². The van der Waals surface area contributed by atoms with Gasteiger partial charge in [-0.3, -0.25) is 0 Å². The fraction of sp³-hybridized carbons (Fsp3) is 0.121. The van der Waals surface area contributed by atoms with Crippen molar-refractivity contribution in [3.05, 3.63) is 144 Å². The summed E-state index contributed by atoms with van der Waals surface area (Å²) >= 11 is 3.45. The number of ether oxygens (including phenoxy) is 2. The molecule has 192 valence electrons. The van der Waals surface area contributed by atoms with Gasteiger partial charge < -0.3 is 9.47 Å². The molecule has 2 aliphatic heterocycles. The van der Waals surface area contributed by atoms with E-state index < -0.39 is 10.6 Å². The highest BCUT2D eigenvalue weighted by Gasteiger charge is 2.67. The third kappa shape index (κ3) is 3.39. The summed E-state index contributed by atoms with van der Waals surface area (Å²) < 4.78 is 12.6. The van der Waals surface area contributed by atoms with Crippen molar-refractivity contribution in [2.45, 2.75) is 10.6 Å². The van der Waals surface area contributed by atoms with Gasteiger partial charge in [-0.25, -0.2) is 5.01 Å². The van der Waals surface area contributed by atoms with E-state index >= 15 is 0 Å². The van der Waals surface area contributed by atoms with E-state index in [0.717, 1.165) is 22.3 Å². The molecule has 0 unspecified atom stereocenters. The van der Waals surface area contributed by atoms with E-state index in [1.54, 1.807) is 26.0 Å². The molecule has 0 fully saturated rings. The average molecular weight is 547 g/mol. The van der Waals surface area contributed by atoms with Crippen molar-refractivity contribution in [2.75, 3.05) is 14.2 Å². The summed E-state index contributed by atoms with van der Waals surface area (Å²) in [6.45, 7) is 0. The van der Waals surface area contributed by atoms with E-state index in [4.69, 9.17) is 14.6 Å². The molecule has 0 amide bonds. The van der Waals surface area contributed by atoms with Crippen LogP contribution < -0.4 is 0 Å². The number of methoxy groups -OCH3 is 2. The predicted molar refractivity (Wildman–Crippen MR) is 161 cm³/mol. The second kappa shape index (κ2) is 9.42. The molecule has 0 radical (unpaired) electrons. The first-order valence-electron chi connectivity index (χ1n) is 12.8. The van der Waals surface area contributed by atoms with Crippen LogP contribution in [0.1, 0.15) is 22.3 Å². The van der Waals surface area contributed by atoms with Crippen LogP contribution in [0.15, 0.2) is 126 Å². The topological polar surface area (TPSA) is 34.1 Å². The first-order valence-corrected chi connectivity index (χ1v) is 14.4. The van der Waals surface area contributed by atoms with Crippen LogP contribution in [0.2, 0.25) is 0 Å². The van der Waals surface area contributed by atoms with Crippen molar-refractivity contribution in [1.29, 1.82) is 0 Å². The fourth-order valence-corrected chi connectivity index (χ4v) is 8.61. The summed E-state index contributed by atoms with van der Waals surface area (Å²) in [6, 6.07) is 42.3. The molecule has 0 aliphatic carbocycles. The van der Waals surface area contributed by atoms with Gasteiger partial charge in [0.1, 0.15) is 0 Å². The monoisotopic (exact) mass is 546 g/mol. The van der Waals surface area contributed by atoms with Crippen molar-refractivity contribution < 1.29 is 9.47 Å². The van der Waals surface area contributed by atoms with Crippen molar-refractivity contribution in [1.82, 2.24) is 5.01 Å². The number of thiophene rings is 1. The summed E-state index contributed by atoms with van der Waals surface area (Å²) in [4.78, 5) is 1.67. The van der Waals surface area contributed by atoms with Gasteiger partial charge in [-0.15, -0.1) is 16.4 Å². The maximum atomic E-state index is 6.73. The number of benzene rings is 4. The Morgan fingerprint density at radius 2 is 1.10 bits per heavy atom.